The molecule has 4 N–H and O–H groups in total. The standard InChI is InChI=1S/C10H11N7O3/c1-5(16-10(19)20)9-14-4-15-17(9)7-2-6(8(11)18)12-3-13-7/h2-5,16H,1H3,(H2,11,18)(H,19,20)/t5-/m0/s1. The number of rotatable bonds is 4. The lowest BCUT2D eigenvalue weighted by Crippen LogP contribution is -2.27. The zero-order valence-electron chi connectivity index (χ0n) is 10.4. The van der Waals surface area contributed by atoms with E-state index in [4.69, 9.17) is 10.8 Å². The first-order valence-electron chi connectivity index (χ1n) is 5.50. The van der Waals surface area contributed by atoms with Crippen molar-refractivity contribution in [1.29, 1.82) is 0 Å². The van der Waals surface area contributed by atoms with Crippen LogP contribution in [0.5, 0.6) is 0 Å². The summed E-state index contributed by atoms with van der Waals surface area (Å²) in [5.74, 6) is -0.117. The fourth-order valence-corrected chi connectivity index (χ4v) is 1.57. The zero-order chi connectivity index (χ0) is 14.7. The molecule has 0 radical (unpaired) electrons. The SMILES string of the molecule is C[C@H](NC(=O)O)c1ncnn1-c1cc(C(N)=O)ncn1. The first kappa shape index (κ1) is 13.4. The molecule has 0 spiro atoms. The monoisotopic (exact) mass is 277 g/mol. The Kier molecular flexibility index (Phi) is 3.55. The molecule has 0 aliphatic heterocycles. The van der Waals surface area contributed by atoms with Crippen LogP contribution in [0, 0.1) is 0 Å². The van der Waals surface area contributed by atoms with Crippen LogP contribution in [0.4, 0.5) is 4.79 Å². The Labute approximate surface area is 112 Å². The summed E-state index contributed by atoms with van der Waals surface area (Å²) in [6.45, 7) is 1.60. The third-order valence-corrected chi connectivity index (χ3v) is 2.42. The number of primary amides is 1. The molecule has 1 atom stereocenters. The van der Waals surface area contributed by atoms with Crippen molar-refractivity contribution < 1.29 is 14.7 Å². The van der Waals surface area contributed by atoms with Crippen LogP contribution in [0.3, 0.4) is 0 Å². The van der Waals surface area contributed by atoms with Gasteiger partial charge in [-0.3, -0.25) is 4.79 Å². The topological polar surface area (TPSA) is 149 Å². The molecule has 10 heteroatoms. The maximum atomic E-state index is 11.1. The van der Waals surface area contributed by atoms with Crippen molar-refractivity contribution in [3.05, 3.63) is 30.2 Å². The number of hydrogen-bond donors (Lipinski definition) is 3. The summed E-state index contributed by atoms with van der Waals surface area (Å²) in [6, 6.07) is 0.732. The van der Waals surface area contributed by atoms with Crippen molar-refractivity contribution in [3.8, 4) is 5.82 Å². The maximum Gasteiger partial charge on any atom is 0.405 e. The van der Waals surface area contributed by atoms with E-state index < -0.39 is 18.0 Å². The Morgan fingerprint density at radius 1 is 1.35 bits per heavy atom. The highest BCUT2D eigenvalue weighted by atomic mass is 16.4. The van der Waals surface area contributed by atoms with Gasteiger partial charge in [-0.2, -0.15) is 9.78 Å². The lowest BCUT2D eigenvalue weighted by molar-refractivity contribution is 0.0995. The number of carbonyl (C=O) groups excluding carboxylic acids is 1. The fraction of sp³-hybridized carbons (Fsp3) is 0.200. The lowest BCUT2D eigenvalue weighted by Gasteiger charge is -2.11. The highest BCUT2D eigenvalue weighted by molar-refractivity contribution is 5.90. The Morgan fingerprint density at radius 2 is 2.10 bits per heavy atom. The Bertz CT molecular complexity index is 654. The second-order valence-electron chi connectivity index (χ2n) is 3.83. The van der Waals surface area contributed by atoms with E-state index in [-0.39, 0.29) is 11.5 Å². The predicted octanol–water partition coefficient (Wildman–Crippen LogP) is -0.515. The van der Waals surface area contributed by atoms with Crippen molar-refractivity contribution in [1.82, 2.24) is 30.0 Å². The molecule has 0 saturated carbocycles. The van der Waals surface area contributed by atoms with Crippen LogP contribution in [0.25, 0.3) is 5.82 Å². The van der Waals surface area contributed by atoms with Crippen LogP contribution in [-0.2, 0) is 0 Å². The van der Waals surface area contributed by atoms with Gasteiger partial charge in [-0.1, -0.05) is 0 Å². The first-order chi connectivity index (χ1) is 9.49. The van der Waals surface area contributed by atoms with Gasteiger partial charge in [0.15, 0.2) is 11.6 Å². The number of nitrogens with one attached hydrogen (secondary N) is 1. The third kappa shape index (κ3) is 2.68. The zero-order valence-corrected chi connectivity index (χ0v) is 10.4. The van der Waals surface area contributed by atoms with E-state index >= 15 is 0 Å². The quantitative estimate of drug-likeness (QED) is 0.680. The van der Waals surface area contributed by atoms with E-state index in [9.17, 15) is 9.59 Å². The summed E-state index contributed by atoms with van der Waals surface area (Å²) in [4.78, 5) is 33.4. The second kappa shape index (κ2) is 5.30. The van der Waals surface area contributed by atoms with Crippen molar-refractivity contribution in [2.45, 2.75) is 13.0 Å². The average Bonchev–Trinajstić information content (AvgIpc) is 2.87. The Morgan fingerprint density at radius 3 is 2.75 bits per heavy atom. The van der Waals surface area contributed by atoms with Gasteiger partial charge >= 0.3 is 6.09 Å². The first-order valence-corrected chi connectivity index (χ1v) is 5.50. The van der Waals surface area contributed by atoms with Gasteiger partial charge in [0.1, 0.15) is 18.3 Å². The molecule has 0 aromatic carbocycles. The summed E-state index contributed by atoms with van der Waals surface area (Å²) in [6.07, 6.45) is 1.23. The molecule has 0 aliphatic rings. The van der Waals surface area contributed by atoms with Gasteiger partial charge in [-0.25, -0.2) is 19.7 Å². The minimum atomic E-state index is -1.19. The number of carboxylic acid groups (broad SMARTS) is 1. The van der Waals surface area contributed by atoms with Crippen molar-refractivity contribution >= 4 is 12.0 Å². The summed E-state index contributed by atoms with van der Waals surface area (Å²) in [5.41, 5.74) is 5.16. The highest BCUT2D eigenvalue weighted by Gasteiger charge is 2.17. The van der Waals surface area contributed by atoms with Crippen molar-refractivity contribution in [2.24, 2.45) is 5.73 Å². The van der Waals surface area contributed by atoms with Crippen molar-refractivity contribution in [3.63, 3.8) is 0 Å². The Balaban J connectivity index is 2.39. The highest BCUT2D eigenvalue weighted by Crippen LogP contribution is 2.13. The molecular formula is C10H11N7O3. The largest absolute Gasteiger partial charge is 0.465 e. The molecular weight excluding hydrogens is 266 g/mol. The molecule has 104 valence electrons. The number of nitrogens with zero attached hydrogens (tertiary/aromatic N) is 5. The molecule has 2 rings (SSSR count). The molecule has 10 nitrogen and oxygen atoms in total. The molecule has 2 heterocycles. The molecule has 2 aromatic heterocycles. The van der Waals surface area contributed by atoms with E-state index in [1.54, 1.807) is 6.92 Å². The van der Waals surface area contributed by atoms with Gasteiger partial charge in [0, 0.05) is 6.07 Å². The van der Waals surface area contributed by atoms with Gasteiger partial charge in [-0.05, 0) is 6.92 Å². The Hall–Kier alpha value is -3.04. The van der Waals surface area contributed by atoms with Gasteiger partial charge in [0.25, 0.3) is 5.91 Å². The van der Waals surface area contributed by atoms with E-state index in [2.05, 4.69) is 25.4 Å². The smallest absolute Gasteiger partial charge is 0.405 e. The van der Waals surface area contributed by atoms with E-state index in [0.29, 0.717) is 5.82 Å². The maximum absolute atomic E-state index is 11.1. The summed E-state index contributed by atoms with van der Waals surface area (Å²) in [5, 5.41) is 14.9. The minimum absolute atomic E-state index is 0.0234. The van der Waals surface area contributed by atoms with Crippen molar-refractivity contribution in [2.75, 3.05) is 0 Å². The summed E-state index contributed by atoms with van der Waals surface area (Å²) in [7, 11) is 0. The van der Waals surface area contributed by atoms with Crippen LogP contribution in [0.1, 0.15) is 29.3 Å². The molecule has 2 aromatic rings. The van der Waals surface area contributed by atoms with Crippen LogP contribution in [0.15, 0.2) is 18.7 Å². The molecule has 2 amide bonds. The van der Waals surface area contributed by atoms with Gasteiger partial charge in [0.2, 0.25) is 0 Å². The average molecular weight is 277 g/mol. The molecule has 0 bridgehead atoms. The van der Waals surface area contributed by atoms with Crippen LogP contribution >= 0.6 is 0 Å². The number of nitrogens with two attached hydrogens (primary N) is 1. The van der Waals surface area contributed by atoms with Gasteiger partial charge in [-0.15, -0.1) is 0 Å². The summed E-state index contributed by atoms with van der Waals surface area (Å²) < 4.78 is 1.30. The number of aromatic nitrogens is 5. The molecule has 0 fully saturated rings. The molecule has 0 saturated heterocycles. The molecule has 20 heavy (non-hydrogen) atoms. The van der Waals surface area contributed by atoms with Crippen LogP contribution in [-0.4, -0.2) is 41.8 Å². The van der Waals surface area contributed by atoms with E-state index in [0.717, 1.165) is 6.33 Å². The van der Waals surface area contributed by atoms with Crippen LogP contribution in [0.2, 0.25) is 0 Å². The summed E-state index contributed by atoms with van der Waals surface area (Å²) >= 11 is 0. The normalized spacial score (nSPS) is 11.8. The third-order valence-electron chi connectivity index (χ3n) is 2.42. The van der Waals surface area contributed by atoms with Crippen LogP contribution < -0.4 is 11.1 Å². The van der Waals surface area contributed by atoms with E-state index in [1.807, 2.05) is 0 Å². The van der Waals surface area contributed by atoms with E-state index in [1.165, 1.54) is 17.1 Å². The van der Waals surface area contributed by atoms with Gasteiger partial charge < -0.3 is 16.2 Å². The number of hydrogen-bond acceptors (Lipinski definition) is 6. The molecule has 0 aliphatic carbocycles. The predicted molar refractivity (Wildman–Crippen MR) is 65.0 cm³/mol. The second-order valence-corrected chi connectivity index (χ2v) is 3.83. The minimum Gasteiger partial charge on any atom is -0.465 e. The number of amides is 2. The van der Waals surface area contributed by atoms with Gasteiger partial charge in [0.05, 0.1) is 6.04 Å². The lowest BCUT2D eigenvalue weighted by atomic mass is 10.3. The number of carbonyl (C=O) groups is 2. The fourth-order valence-electron chi connectivity index (χ4n) is 1.57. The molecule has 0 unspecified atom stereocenters.